The van der Waals surface area contributed by atoms with E-state index in [4.69, 9.17) is 28.4 Å². The lowest BCUT2D eigenvalue weighted by atomic mass is 10.1. The fourth-order valence-electron chi connectivity index (χ4n) is 10.9. The van der Waals surface area contributed by atoms with Crippen LogP contribution in [0.4, 0.5) is 19.2 Å². The summed E-state index contributed by atoms with van der Waals surface area (Å²) in [5.41, 5.74) is -2.50. The predicted molar refractivity (Wildman–Crippen MR) is 401 cm³/mol. The van der Waals surface area contributed by atoms with Gasteiger partial charge in [0.1, 0.15) is 28.4 Å². The van der Waals surface area contributed by atoms with E-state index in [1.165, 1.54) is 140 Å². The second kappa shape index (κ2) is 55.0. The summed E-state index contributed by atoms with van der Waals surface area (Å²) in [6.45, 7) is 29.8. The summed E-state index contributed by atoms with van der Waals surface area (Å²) in [7, 11) is 0. The van der Waals surface area contributed by atoms with E-state index in [0.29, 0.717) is 82.3 Å². The van der Waals surface area contributed by atoms with E-state index in [0.717, 1.165) is 44.9 Å². The van der Waals surface area contributed by atoms with Gasteiger partial charge < -0.3 is 59.9 Å². The molecule has 0 saturated heterocycles. The van der Waals surface area contributed by atoms with Crippen molar-refractivity contribution in [2.45, 2.75) is 337 Å². The summed E-state index contributed by atoms with van der Waals surface area (Å²) in [6.07, 6.45) is 43.6. The number of benzene rings is 1. The van der Waals surface area contributed by atoms with E-state index in [-0.39, 0.29) is 44.9 Å². The minimum absolute atomic E-state index is 0.0573. The molecule has 0 unspecified atom stereocenters. The molecule has 1 aromatic rings. The lowest BCUT2D eigenvalue weighted by molar-refractivity contribution is -0.126. The van der Waals surface area contributed by atoms with Crippen molar-refractivity contribution in [1.82, 2.24) is 36.4 Å². The average molecular weight is 1380 g/mol. The second-order valence-electron chi connectivity index (χ2n) is 30.3. The lowest BCUT2D eigenvalue weighted by Gasteiger charge is -2.33. The van der Waals surface area contributed by atoms with E-state index in [9.17, 15) is 28.8 Å². The van der Waals surface area contributed by atoms with Crippen molar-refractivity contribution in [3.05, 3.63) is 48.1 Å². The Labute approximate surface area is 596 Å². The Balaban J connectivity index is 3.24. The summed E-state index contributed by atoms with van der Waals surface area (Å²) >= 11 is 0. The molecule has 1 atom stereocenters. The number of allylic oxidation sites excluding steroid dienone is 4. The Kier molecular flexibility index (Phi) is 50.7. The third-order valence-corrected chi connectivity index (χ3v) is 15.9. The number of nitrogens with one attached hydrogen (secondary N) is 5. The molecule has 0 fully saturated rings. The summed E-state index contributed by atoms with van der Waals surface area (Å²) in [4.78, 5) is 84.0. The average Bonchev–Trinajstić information content (AvgIpc) is 0.864. The molecule has 0 saturated carbocycles. The summed E-state index contributed by atoms with van der Waals surface area (Å²) < 4.78 is 35.0. The molecule has 0 aliphatic rings. The predicted octanol–water partition coefficient (Wildman–Crippen LogP) is 18.8. The van der Waals surface area contributed by atoms with Crippen LogP contribution in [0.5, 0.6) is 11.5 Å². The van der Waals surface area contributed by atoms with Gasteiger partial charge in [0.05, 0.1) is 13.2 Å². The quantitative estimate of drug-likeness (QED) is 0.0233. The molecule has 5 N–H and O–H groups in total. The highest BCUT2D eigenvalue weighted by atomic mass is 16.6. The molecule has 0 aliphatic carbocycles. The Morgan fingerprint density at radius 1 is 0.388 bits per heavy atom. The SMILES string of the molecule is CCCCCCCC/C=C\CCCCCCCCOc1ccc(C(=O)NCCNC(=O)[C@H](CCCN(CCCNC(=O)OC(C)(C)C)CCCNC(=O)OC(C)(C)C)N(CCCNC(=O)OC(C)(C)C)C(=O)OC(C)(C)C)cc1OCCCCCCCC/C=C\CCCCCCCC. The summed E-state index contributed by atoms with van der Waals surface area (Å²) in [6, 6.07) is 4.29. The van der Waals surface area contributed by atoms with Crippen LogP contribution in [0, 0.1) is 0 Å². The standard InChI is InChI=1S/C79H143N7O12/c1-15-17-19-21-23-25-27-29-31-33-35-37-39-41-43-45-63-93-68-53-52-66(65-69(68)94-64-46-44-42-40-38-36-34-32-30-28-26-24-22-20-18-16-2)70(87)80-57-58-81-71(88)67(86(75(92)98-79(12,13)14)62-50-56-84-74(91)97-78(9,10)11)51-47-59-85(60-48-54-82-72(89)95-76(3,4)5)61-49-55-83-73(90)96-77(6,7)8/h29-32,52-53,65,67H,15-28,33-51,54-64H2,1-14H3,(H,80,87)(H,81,88)(H,82,89)(H,83,90)(H,84,91)/b31-29-,32-30-/t67-/m0/s1. The minimum atomic E-state index is -1.01. The molecule has 0 radical (unpaired) electrons. The van der Waals surface area contributed by atoms with Crippen LogP contribution in [0.3, 0.4) is 0 Å². The van der Waals surface area contributed by atoms with Gasteiger partial charge in [0, 0.05) is 44.8 Å². The maximum absolute atomic E-state index is 14.6. The lowest BCUT2D eigenvalue weighted by Crippen LogP contribution is -2.52. The third-order valence-electron chi connectivity index (χ3n) is 15.9. The van der Waals surface area contributed by atoms with Gasteiger partial charge in [0.15, 0.2) is 11.5 Å². The highest BCUT2D eigenvalue weighted by molar-refractivity contribution is 5.95. The normalized spacial score (nSPS) is 12.4. The zero-order valence-corrected chi connectivity index (χ0v) is 64.5. The Hall–Kier alpha value is -5.72. The molecule has 0 bridgehead atoms. The Bertz CT molecular complexity index is 2280. The Morgan fingerprint density at radius 3 is 1.15 bits per heavy atom. The van der Waals surface area contributed by atoms with Crippen LogP contribution >= 0.6 is 0 Å². The molecule has 1 aromatic carbocycles. The number of alkyl carbamates (subject to hydrolysis) is 3. The Morgan fingerprint density at radius 2 is 0.745 bits per heavy atom. The number of hydrogen-bond donors (Lipinski definition) is 5. The fourth-order valence-corrected chi connectivity index (χ4v) is 10.9. The topological polar surface area (TPSA) is 224 Å². The molecule has 0 aromatic heterocycles. The molecular formula is C79H143N7O12. The molecule has 6 amide bonds. The molecule has 19 heteroatoms. The molecule has 566 valence electrons. The first-order valence-electron chi connectivity index (χ1n) is 38.5. The molecule has 0 spiro atoms. The molecule has 0 heterocycles. The number of hydrogen-bond acceptors (Lipinski definition) is 13. The molecule has 98 heavy (non-hydrogen) atoms. The van der Waals surface area contributed by atoms with Crippen molar-refractivity contribution in [3.8, 4) is 11.5 Å². The van der Waals surface area contributed by atoms with E-state index >= 15 is 0 Å². The highest BCUT2D eigenvalue weighted by Gasteiger charge is 2.33. The van der Waals surface area contributed by atoms with Crippen LogP contribution in [0.2, 0.25) is 0 Å². The van der Waals surface area contributed by atoms with Gasteiger partial charge in [-0.3, -0.25) is 14.5 Å². The van der Waals surface area contributed by atoms with Gasteiger partial charge in [-0.05, 0) is 217 Å². The van der Waals surface area contributed by atoms with Gasteiger partial charge in [0.25, 0.3) is 5.91 Å². The van der Waals surface area contributed by atoms with Crippen molar-refractivity contribution >= 4 is 36.2 Å². The maximum atomic E-state index is 14.6. The smallest absolute Gasteiger partial charge is 0.410 e. The monoisotopic (exact) mass is 1380 g/mol. The van der Waals surface area contributed by atoms with Crippen LogP contribution in [-0.4, -0.2) is 147 Å². The van der Waals surface area contributed by atoms with Crippen LogP contribution in [0.1, 0.15) is 319 Å². The van der Waals surface area contributed by atoms with E-state index in [1.807, 2.05) is 6.07 Å². The molecule has 1 rings (SSSR count). The first kappa shape index (κ1) is 90.3. The largest absolute Gasteiger partial charge is 0.490 e. The minimum Gasteiger partial charge on any atom is -0.490 e. The first-order chi connectivity index (χ1) is 46.6. The molecular weight excluding hydrogens is 1240 g/mol. The maximum Gasteiger partial charge on any atom is 0.410 e. The third kappa shape index (κ3) is 54.1. The fraction of sp³-hybridized carbons (Fsp3) is 0.797. The van der Waals surface area contributed by atoms with Crippen LogP contribution in [0.25, 0.3) is 0 Å². The van der Waals surface area contributed by atoms with Gasteiger partial charge in [0.2, 0.25) is 5.91 Å². The second-order valence-corrected chi connectivity index (χ2v) is 30.3. The van der Waals surface area contributed by atoms with E-state index in [2.05, 4.69) is 69.6 Å². The molecule has 0 aliphatic heterocycles. The van der Waals surface area contributed by atoms with Gasteiger partial charge in [-0.2, -0.15) is 0 Å². The zero-order chi connectivity index (χ0) is 72.8. The summed E-state index contributed by atoms with van der Waals surface area (Å²) in [5, 5.41) is 14.4. The number of carbonyl (C=O) groups is 6. The van der Waals surface area contributed by atoms with Crippen LogP contribution in [-0.2, 0) is 23.7 Å². The number of rotatable bonds is 56. The highest BCUT2D eigenvalue weighted by Crippen LogP contribution is 2.30. The van der Waals surface area contributed by atoms with Crippen molar-refractivity contribution in [3.63, 3.8) is 0 Å². The number of amides is 6. The van der Waals surface area contributed by atoms with Crippen LogP contribution < -0.4 is 36.1 Å². The zero-order valence-electron chi connectivity index (χ0n) is 64.5. The van der Waals surface area contributed by atoms with Crippen molar-refractivity contribution in [1.29, 1.82) is 0 Å². The van der Waals surface area contributed by atoms with E-state index < -0.39 is 58.7 Å². The molecule has 19 nitrogen and oxygen atoms in total. The number of carbonyl (C=O) groups excluding carboxylic acids is 6. The number of ether oxygens (including phenoxy) is 6. The van der Waals surface area contributed by atoms with Gasteiger partial charge in [-0.15, -0.1) is 0 Å². The van der Waals surface area contributed by atoms with Crippen molar-refractivity contribution < 1.29 is 57.2 Å². The number of nitrogens with zero attached hydrogens (tertiary/aromatic N) is 2. The van der Waals surface area contributed by atoms with Gasteiger partial charge in [-0.25, -0.2) is 19.2 Å². The van der Waals surface area contributed by atoms with Crippen molar-refractivity contribution in [2.75, 3.05) is 72.1 Å². The van der Waals surface area contributed by atoms with Crippen molar-refractivity contribution in [2.24, 2.45) is 0 Å². The van der Waals surface area contributed by atoms with Crippen LogP contribution in [0.15, 0.2) is 42.5 Å². The van der Waals surface area contributed by atoms with Gasteiger partial charge in [-0.1, -0.05) is 154 Å². The summed E-state index contributed by atoms with van der Waals surface area (Å²) in [5.74, 6) is 0.363. The van der Waals surface area contributed by atoms with Gasteiger partial charge >= 0.3 is 24.4 Å². The number of unbranched alkanes of at least 4 members (excludes halogenated alkanes) is 24. The van der Waals surface area contributed by atoms with E-state index in [1.54, 1.807) is 95.2 Å². The first-order valence-corrected chi connectivity index (χ1v) is 38.5.